The van der Waals surface area contributed by atoms with E-state index in [1.54, 1.807) is 18.2 Å². The van der Waals surface area contributed by atoms with Crippen LogP contribution in [-0.2, 0) is 21.7 Å². The van der Waals surface area contributed by atoms with E-state index in [0.29, 0.717) is 33.9 Å². The number of carbonyl (C=O) groups excluding carboxylic acids is 2. The number of ether oxygens (including phenoxy) is 2. The maximum Gasteiger partial charge on any atom is 0.325 e. The van der Waals surface area contributed by atoms with Gasteiger partial charge in [-0.15, -0.1) is 0 Å². The van der Waals surface area contributed by atoms with Crippen molar-refractivity contribution >= 4 is 52.5 Å². The number of aliphatic hydroxyl groups is 1. The third-order valence-corrected chi connectivity index (χ3v) is 8.65. The molecule has 0 atom stereocenters. The van der Waals surface area contributed by atoms with E-state index in [-0.39, 0.29) is 58.6 Å². The highest BCUT2D eigenvalue weighted by molar-refractivity contribution is 6.39. The first-order valence-electron chi connectivity index (χ1n) is 14.0. The Bertz CT molecular complexity index is 1820. The number of hydrogen-bond donors (Lipinski definition) is 2. The molecule has 1 saturated heterocycles. The smallest absolute Gasteiger partial charge is 0.325 e. The summed E-state index contributed by atoms with van der Waals surface area (Å²) in [5, 5.41) is 18.2. The van der Waals surface area contributed by atoms with E-state index in [2.05, 4.69) is 20.2 Å². The Balaban J connectivity index is 1.13. The van der Waals surface area contributed by atoms with E-state index in [1.165, 1.54) is 18.2 Å². The molecule has 0 unspecified atom stereocenters. The van der Waals surface area contributed by atoms with Gasteiger partial charge in [-0.05, 0) is 43.2 Å². The molecule has 46 heavy (non-hydrogen) atoms. The molecule has 2 aliphatic rings. The van der Waals surface area contributed by atoms with Crippen LogP contribution in [0, 0.1) is 11.6 Å². The van der Waals surface area contributed by atoms with Crippen LogP contribution in [0.1, 0.15) is 46.0 Å². The molecule has 240 valence electrons. The Hall–Kier alpha value is -3.97. The van der Waals surface area contributed by atoms with Crippen LogP contribution in [0.5, 0.6) is 5.75 Å². The van der Waals surface area contributed by atoms with Crippen LogP contribution in [0.2, 0.25) is 15.1 Å². The molecule has 10 nitrogen and oxygen atoms in total. The fraction of sp³-hybridized carbons (Fsp3) is 0.290. The highest BCUT2D eigenvalue weighted by Crippen LogP contribution is 2.46. The van der Waals surface area contributed by atoms with Crippen molar-refractivity contribution in [1.29, 1.82) is 0 Å². The minimum absolute atomic E-state index is 0.0152. The molecule has 15 heteroatoms. The zero-order valence-electron chi connectivity index (χ0n) is 24.1. The molecule has 1 aliphatic carbocycles. The molecule has 2 N–H and O–H groups in total. The molecular weight excluding hydrogens is 669 g/mol. The third kappa shape index (κ3) is 6.35. The van der Waals surface area contributed by atoms with Gasteiger partial charge in [-0.25, -0.2) is 13.8 Å². The number of rotatable bonds is 10. The summed E-state index contributed by atoms with van der Waals surface area (Å²) in [6.07, 6.45) is 3.03. The van der Waals surface area contributed by atoms with Crippen molar-refractivity contribution in [3.8, 4) is 17.0 Å². The molecule has 2 aromatic carbocycles. The van der Waals surface area contributed by atoms with Gasteiger partial charge in [0.2, 0.25) is 0 Å². The summed E-state index contributed by atoms with van der Waals surface area (Å²) in [5.74, 6) is -1.52. The number of carbonyl (C=O) groups is 2. The van der Waals surface area contributed by atoms with E-state index >= 15 is 0 Å². The average molecular weight is 694 g/mol. The summed E-state index contributed by atoms with van der Waals surface area (Å²) in [6.45, 7) is -0.368. The fourth-order valence-electron chi connectivity index (χ4n) is 5.23. The molecule has 0 spiro atoms. The summed E-state index contributed by atoms with van der Waals surface area (Å²) >= 11 is 19.2. The van der Waals surface area contributed by atoms with Crippen molar-refractivity contribution in [1.82, 2.24) is 15.5 Å². The first-order valence-corrected chi connectivity index (χ1v) is 15.1. The van der Waals surface area contributed by atoms with Gasteiger partial charge in [0, 0.05) is 23.2 Å². The lowest BCUT2D eigenvalue weighted by Gasteiger charge is -2.47. The second kappa shape index (κ2) is 12.7. The molecule has 2 aromatic heterocycles. The number of halogens is 5. The number of amides is 1. The van der Waals surface area contributed by atoms with Crippen molar-refractivity contribution in [2.24, 2.45) is 0 Å². The van der Waals surface area contributed by atoms with Crippen LogP contribution in [0.4, 0.5) is 14.6 Å². The lowest BCUT2D eigenvalue weighted by molar-refractivity contribution is -0.139. The van der Waals surface area contributed by atoms with Crippen LogP contribution in [0.25, 0.3) is 11.3 Å². The van der Waals surface area contributed by atoms with Crippen LogP contribution < -0.4 is 15.0 Å². The zero-order chi connectivity index (χ0) is 32.7. The molecule has 1 saturated carbocycles. The van der Waals surface area contributed by atoms with Gasteiger partial charge in [0.25, 0.3) is 5.91 Å². The Morgan fingerprint density at radius 3 is 2.46 bits per heavy atom. The van der Waals surface area contributed by atoms with Gasteiger partial charge in [-0.3, -0.25) is 9.59 Å². The summed E-state index contributed by atoms with van der Waals surface area (Å²) in [4.78, 5) is 29.0. The largest absolute Gasteiger partial charge is 0.489 e. The summed E-state index contributed by atoms with van der Waals surface area (Å²) in [5.41, 5.74) is 0.257. The Kier molecular flexibility index (Phi) is 8.81. The highest BCUT2D eigenvalue weighted by atomic mass is 35.5. The Morgan fingerprint density at radius 2 is 1.83 bits per heavy atom. The van der Waals surface area contributed by atoms with Gasteiger partial charge in [0.1, 0.15) is 41.8 Å². The standard InChI is InChI=1S/C31H25Cl3F2N4O6/c1-44-25(41)11-38-30(42)16-6-24(36)29(37-10-16)40-13-31(43,14-40)20-5-4-18(9-21(20)32)45-12-19-27(39-46-28(19)15-2-3-15)26-22(33)7-17(35)8-23(26)34/h4-10,15,43H,2-3,11-14H2,1H3,(H,38,42). The fourth-order valence-corrected chi connectivity index (χ4v) is 6.22. The average Bonchev–Trinajstić information content (AvgIpc) is 3.76. The van der Waals surface area contributed by atoms with Crippen molar-refractivity contribution in [2.75, 3.05) is 31.6 Å². The van der Waals surface area contributed by atoms with E-state index in [1.807, 2.05) is 0 Å². The topological polar surface area (TPSA) is 127 Å². The summed E-state index contributed by atoms with van der Waals surface area (Å²) < 4.78 is 44.9. The van der Waals surface area contributed by atoms with Crippen LogP contribution >= 0.6 is 34.8 Å². The summed E-state index contributed by atoms with van der Waals surface area (Å²) in [6, 6.07) is 8.12. The molecule has 0 bridgehead atoms. The van der Waals surface area contributed by atoms with Crippen molar-refractivity contribution in [2.45, 2.75) is 31.0 Å². The maximum absolute atomic E-state index is 14.9. The number of hydrogen-bond acceptors (Lipinski definition) is 9. The minimum Gasteiger partial charge on any atom is -0.489 e. The monoisotopic (exact) mass is 692 g/mol. The molecule has 4 aromatic rings. The van der Waals surface area contributed by atoms with E-state index in [4.69, 9.17) is 44.1 Å². The van der Waals surface area contributed by atoms with Gasteiger partial charge in [0.05, 0.1) is 46.4 Å². The first kappa shape index (κ1) is 32.0. The van der Waals surface area contributed by atoms with Crippen molar-refractivity contribution in [3.05, 3.63) is 91.7 Å². The van der Waals surface area contributed by atoms with Gasteiger partial charge >= 0.3 is 5.97 Å². The van der Waals surface area contributed by atoms with Gasteiger partial charge in [-0.2, -0.15) is 0 Å². The van der Waals surface area contributed by atoms with Gasteiger partial charge in [-0.1, -0.05) is 46.0 Å². The third-order valence-electron chi connectivity index (χ3n) is 7.74. The van der Waals surface area contributed by atoms with Crippen molar-refractivity contribution < 1.29 is 37.5 Å². The predicted molar refractivity (Wildman–Crippen MR) is 164 cm³/mol. The zero-order valence-corrected chi connectivity index (χ0v) is 26.3. The number of aromatic nitrogens is 2. The number of methoxy groups -OCH3 is 1. The Morgan fingerprint density at radius 1 is 1.11 bits per heavy atom. The number of nitrogens with one attached hydrogen (secondary N) is 1. The number of pyridine rings is 1. The number of anilines is 1. The van der Waals surface area contributed by atoms with Crippen LogP contribution in [0.3, 0.4) is 0 Å². The molecule has 3 heterocycles. The van der Waals surface area contributed by atoms with E-state index in [0.717, 1.165) is 31.0 Å². The van der Waals surface area contributed by atoms with E-state index < -0.39 is 29.1 Å². The number of nitrogens with zero attached hydrogens (tertiary/aromatic N) is 3. The van der Waals surface area contributed by atoms with E-state index in [9.17, 15) is 23.5 Å². The maximum atomic E-state index is 14.9. The van der Waals surface area contributed by atoms with Crippen LogP contribution in [-0.4, -0.2) is 53.9 Å². The normalized spacial score (nSPS) is 15.3. The molecule has 1 amide bonds. The molecule has 6 rings (SSSR count). The molecular formula is C31H25Cl3F2N4O6. The minimum atomic E-state index is -1.41. The lowest BCUT2D eigenvalue weighted by Crippen LogP contribution is -2.60. The summed E-state index contributed by atoms with van der Waals surface area (Å²) in [7, 11) is 1.18. The molecule has 0 radical (unpaired) electrons. The lowest BCUT2D eigenvalue weighted by atomic mass is 9.86. The number of esters is 1. The molecule has 1 aliphatic heterocycles. The first-order chi connectivity index (χ1) is 22.0. The SMILES string of the molecule is COC(=O)CNC(=O)c1cnc(N2CC(O)(c3ccc(OCc4c(-c5c(Cl)cc(F)cc5Cl)noc4C4CC4)cc3Cl)C2)c(F)c1. The number of β-amino-alcohol motifs (C(OH)–C–C–N with tert-alkyl or cyclic N) is 1. The van der Waals surface area contributed by atoms with Gasteiger partial charge < -0.3 is 29.3 Å². The second-order valence-corrected chi connectivity index (χ2v) is 12.2. The Labute approximate surface area is 276 Å². The predicted octanol–water partition coefficient (Wildman–Crippen LogP) is 6.04. The van der Waals surface area contributed by atoms with Crippen LogP contribution in [0.15, 0.2) is 47.1 Å². The quantitative estimate of drug-likeness (QED) is 0.191. The van der Waals surface area contributed by atoms with Crippen molar-refractivity contribution in [3.63, 3.8) is 0 Å². The second-order valence-electron chi connectivity index (χ2n) is 11.0. The highest BCUT2D eigenvalue weighted by Gasteiger charge is 2.45. The number of benzene rings is 2. The molecule has 2 fully saturated rings. The van der Waals surface area contributed by atoms with Gasteiger partial charge in [0.15, 0.2) is 11.6 Å².